The molecule has 0 saturated carbocycles. The average Bonchev–Trinajstić information content (AvgIpc) is 2.39. The number of amides is 1. The first-order chi connectivity index (χ1) is 9.47. The standard InChI is InChI=1S/C14H21N3O3/c1-10(2-5-14(19)20)6-7-16-13(18)8-12-4-3-11(15)9-17-12/h3-4,9-10H,2,5-8,15H2,1H3,(H,16,18)(H,19,20). The zero-order valence-electron chi connectivity index (χ0n) is 11.6. The minimum atomic E-state index is -0.782. The SMILES string of the molecule is CC(CCNC(=O)Cc1ccc(N)cn1)CCC(=O)O. The maximum Gasteiger partial charge on any atom is 0.303 e. The van der Waals surface area contributed by atoms with Gasteiger partial charge in [0.25, 0.3) is 0 Å². The Bertz CT molecular complexity index is 445. The molecule has 6 nitrogen and oxygen atoms in total. The predicted molar refractivity (Wildman–Crippen MR) is 76.0 cm³/mol. The van der Waals surface area contributed by atoms with Crippen LogP contribution in [0.2, 0.25) is 0 Å². The molecule has 0 aliphatic heterocycles. The maximum atomic E-state index is 11.7. The van der Waals surface area contributed by atoms with E-state index in [0.29, 0.717) is 24.3 Å². The van der Waals surface area contributed by atoms with Crippen molar-refractivity contribution in [1.29, 1.82) is 0 Å². The van der Waals surface area contributed by atoms with E-state index in [1.165, 1.54) is 6.20 Å². The topological polar surface area (TPSA) is 105 Å². The van der Waals surface area contributed by atoms with E-state index in [1.807, 2.05) is 6.92 Å². The number of aromatic nitrogens is 1. The molecule has 6 heteroatoms. The lowest BCUT2D eigenvalue weighted by molar-refractivity contribution is -0.137. The smallest absolute Gasteiger partial charge is 0.303 e. The molecule has 1 atom stereocenters. The third-order valence-corrected chi connectivity index (χ3v) is 3.00. The van der Waals surface area contributed by atoms with Gasteiger partial charge in [0, 0.05) is 18.7 Å². The van der Waals surface area contributed by atoms with Crippen LogP contribution in [0.15, 0.2) is 18.3 Å². The van der Waals surface area contributed by atoms with Crippen LogP contribution >= 0.6 is 0 Å². The lowest BCUT2D eigenvalue weighted by atomic mass is 10.0. The van der Waals surface area contributed by atoms with Gasteiger partial charge in [0.05, 0.1) is 18.3 Å². The van der Waals surface area contributed by atoms with E-state index in [1.54, 1.807) is 12.1 Å². The zero-order valence-corrected chi connectivity index (χ0v) is 11.6. The number of nitrogens with zero attached hydrogens (tertiary/aromatic N) is 1. The molecule has 0 bridgehead atoms. The summed E-state index contributed by atoms with van der Waals surface area (Å²) in [5, 5.41) is 11.4. The number of carboxylic acid groups (broad SMARTS) is 1. The number of nitrogens with one attached hydrogen (secondary N) is 1. The summed E-state index contributed by atoms with van der Waals surface area (Å²) in [5.41, 5.74) is 6.76. The highest BCUT2D eigenvalue weighted by Gasteiger charge is 2.07. The van der Waals surface area contributed by atoms with Crippen LogP contribution in [0.5, 0.6) is 0 Å². The van der Waals surface area contributed by atoms with Gasteiger partial charge in [-0.3, -0.25) is 14.6 Å². The molecular formula is C14H21N3O3. The Hall–Kier alpha value is -2.11. The highest BCUT2D eigenvalue weighted by atomic mass is 16.4. The zero-order chi connectivity index (χ0) is 15.0. The second-order valence-electron chi connectivity index (χ2n) is 4.94. The van der Waals surface area contributed by atoms with Gasteiger partial charge in [0.1, 0.15) is 0 Å². The fourth-order valence-electron chi connectivity index (χ4n) is 1.74. The molecule has 20 heavy (non-hydrogen) atoms. The Kier molecular flexibility index (Phi) is 6.49. The number of carboxylic acids is 1. The van der Waals surface area contributed by atoms with Crippen molar-refractivity contribution >= 4 is 17.6 Å². The van der Waals surface area contributed by atoms with Crippen molar-refractivity contribution in [2.45, 2.75) is 32.6 Å². The van der Waals surface area contributed by atoms with Gasteiger partial charge in [-0.2, -0.15) is 0 Å². The quantitative estimate of drug-likeness (QED) is 0.663. The summed E-state index contributed by atoms with van der Waals surface area (Å²) < 4.78 is 0. The van der Waals surface area contributed by atoms with Crippen molar-refractivity contribution in [3.05, 3.63) is 24.0 Å². The van der Waals surface area contributed by atoms with Gasteiger partial charge in [-0.1, -0.05) is 6.92 Å². The molecule has 1 aromatic heterocycles. The predicted octanol–water partition coefficient (Wildman–Crippen LogP) is 1.21. The van der Waals surface area contributed by atoms with Gasteiger partial charge in [-0.25, -0.2) is 0 Å². The van der Waals surface area contributed by atoms with Gasteiger partial charge in [-0.05, 0) is 30.9 Å². The number of anilines is 1. The Labute approximate surface area is 118 Å². The largest absolute Gasteiger partial charge is 0.481 e. The molecule has 1 unspecified atom stereocenters. The average molecular weight is 279 g/mol. The van der Waals surface area contributed by atoms with Gasteiger partial charge < -0.3 is 16.2 Å². The van der Waals surface area contributed by atoms with Crippen molar-refractivity contribution in [3.8, 4) is 0 Å². The van der Waals surface area contributed by atoms with E-state index in [4.69, 9.17) is 10.8 Å². The van der Waals surface area contributed by atoms with E-state index in [9.17, 15) is 9.59 Å². The number of aliphatic carboxylic acids is 1. The second kappa shape index (κ2) is 8.14. The lowest BCUT2D eigenvalue weighted by Crippen LogP contribution is -2.27. The van der Waals surface area contributed by atoms with Crippen LogP contribution in [0.1, 0.15) is 31.9 Å². The summed E-state index contributed by atoms with van der Waals surface area (Å²) in [6, 6.07) is 3.44. The molecule has 0 radical (unpaired) electrons. The van der Waals surface area contributed by atoms with E-state index in [-0.39, 0.29) is 24.7 Å². The fourth-order valence-corrected chi connectivity index (χ4v) is 1.74. The first kappa shape index (κ1) is 15.9. The highest BCUT2D eigenvalue weighted by molar-refractivity contribution is 5.78. The van der Waals surface area contributed by atoms with Crippen LogP contribution in [0.4, 0.5) is 5.69 Å². The van der Waals surface area contributed by atoms with Crippen LogP contribution in [0.25, 0.3) is 0 Å². The van der Waals surface area contributed by atoms with Crippen molar-refractivity contribution in [2.75, 3.05) is 12.3 Å². The number of hydrogen-bond acceptors (Lipinski definition) is 4. The summed E-state index contributed by atoms with van der Waals surface area (Å²) in [6.45, 7) is 2.53. The van der Waals surface area contributed by atoms with E-state index in [2.05, 4.69) is 10.3 Å². The molecule has 1 aromatic rings. The summed E-state index contributed by atoms with van der Waals surface area (Å²) in [7, 11) is 0. The molecule has 1 rings (SSSR count). The van der Waals surface area contributed by atoms with Gasteiger partial charge >= 0.3 is 5.97 Å². The second-order valence-corrected chi connectivity index (χ2v) is 4.94. The number of carbonyl (C=O) groups is 2. The summed E-state index contributed by atoms with van der Waals surface area (Å²) in [6.07, 6.45) is 3.32. The normalized spacial score (nSPS) is 11.8. The number of rotatable bonds is 8. The van der Waals surface area contributed by atoms with Crippen LogP contribution in [-0.4, -0.2) is 28.5 Å². The summed E-state index contributed by atoms with van der Waals surface area (Å²) >= 11 is 0. The Morgan fingerprint density at radius 3 is 2.75 bits per heavy atom. The fraction of sp³-hybridized carbons (Fsp3) is 0.500. The Balaban J connectivity index is 2.20. The molecule has 0 aliphatic rings. The number of nitrogens with two attached hydrogens (primary N) is 1. The minimum Gasteiger partial charge on any atom is -0.481 e. The Morgan fingerprint density at radius 2 is 2.15 bits per heavy atom. The highest BCUT2D eigenvalue weighted by Crippen LogP contribution is 2.09. The molecule has 1 amide bonds. The third-order valence-electron chi connectivity index (χ3n) is 3.00. The summed E-state index contributed by atoms with van der Waals surface area (Å²) in [4.78, 5) is 26.2. The molecule has 0 aliphatic carbocycles. The van der Waals surface area contributed by atoms with E-state index < -0.39 is 5.97 Å². The summed E-state index contributed by atoms with van der Waals surface area (Å²) in [5.74, 6) is -0.593. The van der Waals surface area contributed by atoms with E-state index >= 15 is 0 Å². The molecule has 0 fully saturated rings. The first-order valence-corrected chi connectivity index (χ1v) is 6.66. The van der Waals surface area contributed by atoms with Crippen LogP contribution < -0.4 is 11.1 Å². The van der Waals surface area contributed by atoms with Crippen LogP contribution in [-0.2, 0) is 16.0 Å². The number of nitrogen functional groups attached to an aromatic ring is 1. The minimum absolute atomic E-state index is 0.0901. The lowest BCUT2D eigenvalue weighted by Gasteiger charge is -2.10. The molecule has 0 saturated heterocycles. The maximum absolute atomic E-state index is 11.7. The number of pyridine rings is 1. The molecule has 0 aromatic carbocycles. The van der Waals surface area contributed by atoms with Crippen molar-refractivity contribution in [2.24, 2.45) is 5.92 Å². The first-order valence-electron chi connectivity index (χ1n) is 6.66. The van der Waals surface area contributed by atoms with Crippen molar-refractivity contribution < 1.29 is 14.7 Å². The van der Waals surface area contributed by atoms with Gasteiger partial charge in [0.2, 0.25) is 5.91 Å². The molecular weight excluding hydrogens is 258 g/mol. The monoisotopic (exact) mass is 279 g/mol. The van der Waals surface area contributed by atoms with Crippen molar-refractivity contribution in [1.82, 2.24) is 10.3 Å². The molecule has 0 spiro atoms. The number of hydrogen-bond donors (Lipinski definition) is 3. The van der Waals surface area contributed by atoms with Crippen LogP contribution in [0.3, 0.4) is 0 Å². The Morgan fingerprint density at radius 1 is 1.40 bits per heavy atom. The molecule has 1 heterocycles. The number of carbonyl (C=O) groups excluding carboxylic acids is 1. The molecule has 4 N–H and O–H groups in total. The third kappa shape index (κ3) is 6.72. The molecule has 110 valence electrons. The van der Waals surface area contributed by atoms with Gasteiger partial charge in [0.15, 0.2) is 0 Å². The van der Waals surface area contributed by atoms with Gasteiger partial charge in [-0.15, -0.1) is 0 Å². The van der Waals surface area contributed by atoms with Crippen LogP contribution in [0, 0.1) is 5.92 Å². The van der Waals surface area contributed by atoms with E-state index in [0.717, 1.165) is 6.42 Å². The van der Waals surface area contributed by atoms with Crippen molar-refractivity contribution in [3.63, 3.8) is 0 Å².